The van der Waals surface area contributed by atoms with Gasteiger partial charge in [0.25, 0.3) is 0 Å². The third-order valence-electron chi connectivity index (χ3n) is 3.49. The van der Waals surface area contributed by atoms with E-state index in [0.717, 1.165) is 26.9 Å². The van der Waals surface area contributed by atoms with Gasteiger partial charge in [-0.15, -0.1) is 10.2 Å². The summed E-state index contributed by atoms with van der Waals surface area (Å²) in [6, 6.07) is 16.2. The van der Waals surface area contributed by atoms with Gasteiger partial charge in [0.2, 0.25) is 0 Å². The number of nitrogen functional groups attached to an aromatic ring is 1. The number of rotatable bonds is 1. The molecule has 4 nitrogen and oxygen atoms in total. The van der Waals surface area contributed by atoms with E-state index in [1.54, 1.807) is 0 Å². The van der Waals surface area contributed by atoms with E-state index in [1.165, 1.54) is 5.39 Å². The molecule has 0 fully saturated rings. The van der Waals surface area contributed by atoms with Gasteiger partial charge < -0.3 is 5.73 Å². The third kappa shape index (κ3) is 2.06. The number of benzene rings is 2. The second-order valence-electron chi connectivity index (χ2n) is 4.92. The Morgan fingerprint density at radius 1 is 0.905 bits per heavy atom. The van der Waals surface area contributed by atoms with E-state index in [0.29, 0.717) is 5.69 Å². The second kappa shape index (κ2) is 4.56. The Hall–Kier alpha value is -2.40. The molecule has 5 heteroatoms. The minimum atomic E-state index is 0.688. The fourth-order valence-electron chi connectivity index (χ4n) is 2.46. The molecule has 0 saturated heterocycles. The summed E-state index contributed by atoms with van der Waals surface area (Å²) in [7, 11) is 0. The van der Waals surface area contributed by atoms with Crippen LogP contribution in [0.2, 0.25) is 0 Å². The Balaban J connectivity index is 1.95. The molecule has 0 aliphatic carbocycles. The summed E-state index contributed by atoms with van der Waals surface area (Å²) in [5.74, 6) is 0.794. The summed E-state index contributed by atoms with van der Waals surface area (Å²) in [5.41, 5.74) is 8.35. The Bertz CT molecular complexity index is 975. The summed E-state index contributed by atoms with van der Waals surface area (Å²) in [5, 5.41) is 10.8. The van der Waals surface area contributed by atoms with Gasteiger partial charge >= 0.3 is 0 Å². The van der Waals surface area contributed by atoms with Gasteiger partial charge in [-0.1, -0.05) is 34.1 Å². The lowest BCUT2D eigenvalue weighted by molar-refractivity contribution is 1.11. The summed E-state index contributed by atoms with van der Waals surface area (Å²) >= 11 is 3.49. The molecular formula is C16H11BrN4. The highest BCUT2D eigenvalue weighted by Gasteiger charge is 2.09. The monoisotopic (exact) mass is 338 g/mol. The predicted molar refractivity (Wildman–Crippen MR) is 88.0 cm³/mol. The minimum Gasteiger partial charge on any atom is -0.398 e. The molecule has 21 heavy (non-hydrogen) atoms. The molecule has 0 spiro atoms. The molecule has 4 rings (SSSR count). The largest absolute Gasteiger partial charge is 0.398 e. The first kappa shape index (κ1) is 12.3. The van der Waals surface area contributed by atoms with Crippen molar-refractivity contribution in [1.29, 1.82) is 0 Å². The van der Waals surface area contributed by atoms with Crippen LogP contribution in [0.4, 0.5) is 5.69 Å². The number of hydrogen-bond donors (Lipinski definition) is 1. The fourth-order valence-corrected chi connectivity index (χ4v) is 2.84. The van der Waals surface area contributed by atoms with Crippen molar-refractivity contribution in [3.8, 4) is 11.4 Å². The zero-order chi connectivity index (χ0) is 14.4. The van der Waals surface area contributed by atoms with Gasteiger partial charge in [0.1, 0.15) is 0 Å². The summed E-state index contributed by atoms with van der Waals surface area (Å²) < 4.78 is 2.98. The number of aromatic nitrogens is 3. The first-order chi connectivity index (χ1) is 10.2. The highest BCUT2D eigenvalue weighted by Crippen LogP contribution is 2.26. The van der Waals surface area contributed by atoms with Crippen LogP contribution in [-0.4, -0.2) is 14.6 Å². The molecule has 0 aliphatic heterocycles. The Kier molecular flexibility index (Phi) is 2.68. The number of nitrogens with zero attached hydrogens (tertiary/aromatic N) is 3. The lowest BCUT2D eigenvalue weighted by Gasteiger charge is -2.04. The molecule has 2 heterocycles. The number of fused-ring (bicyclic) bond motifs is 2. The van der Waals surface area contributed by atoms with Gasteiger partial charge in [-0.25, -0.2) is 0 Å². The molecule has 2 aromatic carbocycles. The SMILES string of the molecule is Nc1ccc2nnc(-c3ccc4cc(Br)ccc4c3)n2c1. The minimum absolute atomic E-state index is 0.688. The maximum absolute atomic E-state index is 5.86. The fraction of sp³-hybridized carbons (Fsp3) is 0. The molecule has 0 bridgehead atoms. The Morgan fingerprint density at radius 2 is 1.71 bits per heavy atom. The molecule has 0 unspecified atom stereocenters. The van der Waals surface area contributed by atoms with Crippen molar-refractivity contribution < 1.29 is 0 Å². The Morgan fingerprint density at radius 3 is 2.62 bits per heavy atom. The second-order valence-corrected chi connectivity index (χ2v) is 5.84. The highest BCUT2D eigenvalue weighted by atomic mass is 79.9. The summed E-state index contributed by atoms with van der Waals surface area (Å²) in [6.45, 7) is 0. The quantitative estimate of drug-likeness (QED) is 0.572. The zero-order valence-corrected chi connectivity index (χ0v) is 12.6. The van der Waals surface area contributed by atoms with E-state index < -0.39 is 0 Å². The van der Waals surface area contributed by atoms with Crippen LogP contribution in [0.1, 0.15) is 0 Å². The average Bonchev–Trinajstić information content (AvgIpc) is 2.89. The third-order valence-corrected chi connectivity index (χ3v) is 3.98. The van der Waals surface area contributed by atoms with Crippen LogP contribution in [0, 0.1) is 0 Å². The van der Waals surface area contributed by atoms with Crippen LogP contribution in [0.5, 0.6) is 0 Å². The average molecular weight is 339 g/mol. The van der Waals surface area contributed by atoms with E-state index in [2.05, 4.69) is 56.5 Å². The van der Waals surface area contributed by atoms with Crippen molar-refractivity contribution in [3.05, 3.63) is 59.2 Å². The molecule has 0 amide bonds. The summed E-state index contributed by atoms with van der Waals surface area (Å²) in [4.78, 5) is 0. The number of anilines is 1. The molecule has 2 N–H and O–H groups in total. The van der Waals surface area contributed by atoms with Gasteiger partial charge in [0.15, 0.2) is 11.5 Å². The first-order valence-corrected chi connectivity index (χ1v) is 7.30. The molecule has 0 saturated carbocycles. The van der Waals surface area contributed by atoms with Crippen LogP contribution in [-0.2, 0) is 0 Å². The van der Waals surface area contributed by atoms with Gasteiger partial charge in [0.05, 0.1) is 0 Å². The number of halogens is 1. The van der Waals surface area contributed by atoms with Gasteiger partial charge in [-0.3, -0.25) is 4.40 Å². The smallest absolute Gasteiger partial charge is 0.168 e. The topological polar surface area (TPSA) is 56.2 Å². The maximum Gasteiger partial charge on any atom is 0.168 e. The van der Waals surface area contributed by atoms with Gasteiger partial charge in [0, 0.05) is 21.9 Å². The van der Waals surface area contributed by atoms with Crippen LogP contribution < -0.4 is 5.73 Å². The predicted octanol–water partition coefficient (Wildman–Crippen LogP) is 3.89. The lowest BCUT2D eigenvalue weighted by atomic mass is 10.1. The van der Waals surface area contributed by atoms with Crippen molar-refractivity contribution in [3.63, 3.8) is 0 Å². The van der Waals surface area contributed by atoms with E-state index in [-0.39, 0.29) is 0 Å². The van der Waals surface area contributed by atoms with Crippen molar-refractivity contribution in [2.24, 2.45) is 0 Å². The Labute approximate surface area is 129 Å². The molecule has 0 atom stereocenters. The number of nitrogens with two attached hydrogens (primary N) is 1. The van der Waals surface area contributed by atoms with Crippen LogP contribution >= 0.6 is 15.9 Å². The van der Waals surface area contributed by atoms with Crippen molar-refractivity contribution in [1.82, 2.24) is 14.6 Å². The van der Waals surface area contributed by atoms with Crippen molar-refractivity contribution >= 4 is 38.0 Å². The molecule has 2 aromatic heterocycles. The maximum atomic E-state index is 5.86. The molecule has 4 aromatic rings. The van der Waals surface area contributed by atoms with E-state index in [9.17, 15) is 0 Å². The first-order valence-electron chi connectivity index (χ1n) is 6.51. The molecule has 102 valence electrons. The van der Waals surface area contributed by atoms with Crippen molar-refractivity contribution in [2.45, 2.75) is 0 Å². The lowest BCUT2D eigenvalue weighted by Crippen LogP contribution is -1.93. The van der Waals surface area contributed by atoms with E-state index in [4.69, 9.17) is 5.73 Å². The molecule has 0 aliphatic rings. The number of hydrogen-bond acceptors (Lipinski definition) is 3. The number of pyridine rings is 1. The van der Waals surface area contributed by atoms with Gasteiger partial charge in [-0.05, 0) is 41.1 Å². The van der Waals surface area contributed by atoms with Crippen LogP contribution in [0.25, 0.3) is 27.8 Å². The van der Waals surface area contributed by atoms with Gasteiger partial charge in [-0.2, -0.15) is 0 Å². The summed E-state index contributed by atoms with van der Waals surface area (Å²) in [6.07, 6.45) is 1.84. The van der Waals surface area contributed by atoms with E-state index in [1.807, 2.05) is 28.8 Å². The highest BCUT2D eigenvalue weighted by molar-refractivity contribution is 9.10. The molecular weight excluding hydrogens is 328 g/mol. The van der Waals surface area contributed by atoms with E-state index >= 15 is 0 Å². The van der Waals surface area contributed by atoms with Crippen LogP contribution in [0.3, 0.4) is 0 Å². The van der Waals surface area contributed by atoms with Crippen LogP contribution in [0.15, 0.2) is 59.2 Å². The molecule has 0 radical (unpaired) electrons. The zero-order valence-electron chi connectivity index (χ0n) is 11.0. The normalized spacial score (nSPS) is 11.3. The van der Waals surface area contributed by atoms with Crippen molar-refractivity contribution in [2.75, 3.05) is 5.73 Å². The standard InChI is InChI=1S/C16H11BrN4/c17-13-4-3-10-7-12(2-1-11(10)8-13)16-20-19-15-6-5-14(18)9-21(15)16/h1-9H,18H2.